The smallest absolute Gasteiger partial charge is 0.0271 e. The zero-order valence-electron chi connectivity index (χ0n) is 14.6. The van der Waals surface area contributed by atoms with Crippen LogP contribution in [0.25, 0.3) is 5.57 Å². The molecule has 120 valence electrons. The van der Waals surface area contributed by atoms with Crippen molar-refractivity contribution in [2.45, 2.75) is 26.7 Å². The van der Waals surface area contributed by atoms with Crippen LogP contribution in [0.4, 0.5) is 0 Å². The fraction of sp³-hybridized carbons (Fsp3) is 0.167. The Morgan fingerprint density at radius 3 is 2.75 bits per heavy atom. The molecule has 0 fully saturated rings. The number of benzene rings is 1. The topological polar surface area (TPSA) is 0 Å². The molecule has 0 nitrogen and oxygen atoms in total. The van der Waals surface area contributed by atoms with Gasteiger partial charge in [-0.3, -0.25) is 0 Å². The normalized spacial score (nSPS) is 12.6. The second-order valence-electron chi connectivity index (χ2n) is 5.82. The number of allylic oxidation sites excluding steroid dienone is 8. The zero-order chi connectivity index (χ0) is 17.4. The quantitative estimate of drug-likeness (QED) is 0.419. The van der Waals surface area contributed by atoms with E-state index in [1.54, 1.807) is 0 Å². The molecule has 0 heterocycles. The van der Waals surface area contributed by atoms with E-state index in [4.69, 9.17) is 0 Å². The van der Waals surface area contributed by atoms with Crippen LogP contribution < -0.4 is 0 Å². The largest absolute Gasteiger partial charge is 0.115 e. The minimum Gasteiger partial charge on any atom is -0.115 e. The Morgan fingerprint density at radius 1 is 1.17 bits per heavy atom. The summed E-state index contributed by atoms with van der Waals surface area (Å²) in [4.78, 5) is 0. The lowest BCUT2D eigenvalue weighted by atomic mass is 9.91. The molecule has 2 rings (SSSR count). The average Bonchev–Trinajstić information content (AvgIpc) is 2.77. The molecular weight excluding hydrogens is 288 g/mol. The van der Waals surface area contributed by atoms with Crippen molar-refractivity contribution in [3.8, 4) is 0 Å². The first-order valence-electron chi connectivity index (χ1n) is 8.24. The Bertz CT molecular complexity index is 825. The van der Waals surface area contributed by atoms with Gasteiger partial charge in [0.15, 0.2) is 0 Å². The van der Waals surface area contributed by atoms with Crippen molar-refractivity contribution in [1.82, 2.24) is 0 Å². The molecule has 1 aliphatic rings. The number of rotatable bonds is 6. The fourth-order valence-electron chi connectivity index (χ4n) is 2.78. The van der Waals surface area contributed by atoms with Crippen LogP contribution in [-0.4, -0.2) is 0 Å². The molecule has 0 N–H and O–H groups in total. The number of hydrogen-bond donors (Lipinski definition) is 0. The van der Waals surface area contributed by atoms with Crippen molar-refractivity contribution in [2.75, 3.05) is 0 Å². The van der Waals surface area contributed by atoms with E-state index >= 15 is 0 Å². The maximum atomic E-state index is 3.91. The highest BCUT2D eigenvalue weighted by molar-refractivity contribution is 5.72. The minimum absolute atomic E-state index is 0.781. The molecule has 0 unspecified atom stereocenters. The second kappa shape index (κ2) is 8.75. The summed E-state index contributed by atoms with van der Waals surface area (Å²) in [6.07, 6.45) is 15.6. The van der Waals surface area contributed by atoms with Crippen molar-refractivity contribution in [1.29, 1.82) is 0 Å². The molecule has 0 radical (unpaired) electrons. The molecular formula is C24H24. The summed E-state index contributed by atoms with van der Waals surface area (Å²) in [6.45, 7) is 12.0. The Balaban J connectivity index is 2.59. The molecule has 0 saturated carbocycles. The van der Waals surface area contributed by atoms with Gasteiger partial charge in [0, 0.05) is 11.1 Å². The summed E-state index contributed by atoms with van der Waals surface area (Å²) in [5.41, 5.74) is 14.0. The van der Waals surface area contributed by atoms with Gasteiger partial charge in [0.25, 0.3) is 0 Å². The van der Waals surface area contributed by atoms with Gasteiger partial charge in [0.1, 0.15) is 0 Å². The molecule has 0 spiro atoms. The minimum atomic E-state index is 0.781. The van der Waals surface area contributed by atoms with Gasteiger partial charge < -0.3 is 0 Å². The van der Waals surface area contributed by atoms with E-state index in [9.17, 15) is 0 Å². The van der Waals surface area contributed by atoms with Crippen molar-refractivity contribution in [3.63, 3.8) is 0 Å². The molecule has 0 amide bonds. The van der Waals surface area contributed by atoms with E-state index in [1.807, 2.05) is 36.5 Å². The molecule has 0 saturated heterocycles. The van der Waals surface area contributed by atoms with Crippen LogP contribution >= 0.6 is 0 Å². The van der Waals surface area contributed by atoms with Gasteiger partial charge in [-0.1, -0.05) is 48.6 Å². The van der Waals surface area contributed by atoms with Gasteiger partial charge in [-0.05, 0) is 61.1 Å². The first-order chi connectivity index (χ1) is 11.7. The standard InChI is InChI=1S/C24H24/c1-5-11-22-16-10-14-20(4)24(22)23(12-6-2)18-17-21-15-9-7-8-13-19(21)3/h5-10,13-14,16-17H,1-2,11-12H2,3-4H3. The van der Waals surface area contributed by atoms with Gasteiger partial charge in [0.05, 0.1) is 0 Å². The third-order valence-corrected chi connectivity index (χ3v) is 3.98. The molecule has 1 aliphatic carbocycles. The van der Waals surface area contributed by atoms with E-state index < -0.39 is 0 Å². The number of hydrogen-bond acceptors (Lipinski definition) is 0. The first-order valence-corrected chi connectivity index (χ1v) is 8.24. The van der Waals surface area contributed by atoms with E-state index in [1.165, 1.54) is 22.3 Å². The SMILES string of the molecule is C=CCC(=C=CC1=C=CC=CC=C1C)c1c(C)cccc1CC=C. The van der Waals surface area contributed by atoms with Crippen LogP contribution in [0.3, 0.4) is 0 Å². The summed E-state index contributed by atoms with van der Waals surface area (Å²) in [5.74, 6) is 0. The Labute approximate surface area is 145 Å². The number of aryl methyl sites for hydroxylation is 1. The summed E-state index contributed by atoms with van der Waals surface area (Å²) in [5, 5.41) is 0. The van der Waals surface area contributed by atoms with Crippen molar-refractivity contribution >= 4 is 5.57 Å². The molecule has 1 aromatic carbocycles. The third-order valence-electron chi connectivity index (χ3n) is 3.98. The maximum Gasteiger partial charge on any atom is 0.0271 e. The van der Waals surface area contributed by atoms with Gasteiger partial charge in [-0.2, -0.15) is 0 Å². The fourth-order valence-corrected chi connectivity index (χ4v) is 2.78. The molecule has 0 atom stereocenters. The van der Waals surface area contributed by atoms with Crippen LogP contribution in [0.15, 0.2) is 96.5 Å². The van der Waals surface area contributed by atoms with Crippen molar-refractivity contribution in [2.24, 2.45) is 0 Å². The molecule has 0 bridgehead atoms. The lowest BCUT2D eigenvalue weighted by Gasteiger charge is -2.12. The van der Waals surface area contributed by atoms with Crippen LogP contribution in [0.1, 0.15) is 30.0 Å². The second-order valence-corrected chi connectivity index (χ2v) is 5.82. The third kappa shape index (κ3) is 4.37. The van der Waals surface area contributed by atoms with Crippen LogP contribution in [0.5, 0.6) is 0 Å². The van der Waals surface area contributed by atoms with E-state index in [0.29, 0.717) is 0 Å². The van der Waals surface area contributed by atoms with Crippen molar-refractivity contribution in [3.05, 3.63) is 113 Å². The van der Waals surface area contributed by atoms with Crippen LogP contribution in [0.2, 0.25) is 0 Å². The monoisotopic (exact) mass is 312 g/mol. The van der Waals surface area contributed by atoms with E-state index in [2.05, 4.69) is 62.7 Å². The Morgan fingerprint density at radius 2 is 2.00 bits per heavy atom. The van der Waals surface area contributed by atoms with Crippen LogP contribution in [-0.2, 0) is 6.42 Å². The molecule has 1 aromatic rings. The van der Waals surface area contributed by atoms with Gasteiger partial charge >= 0.3 is 0 Å². The summed E-state index contributed by atoms with van der Waals surface area (Å²) >= 11 is 0. The highest BCUT2D eigenvalue weighted by atomic mass is 14.1. The molecule has 0 aromatic heterocycles. The first kappa shape index (κ1) is 17.6. The summed E-state index contributed by atoms with van der Waals surface area (Å²) in [6, 6.07) is 6.41. The van der Waals surface area contributed by atoms with E-state index in [0.717, 1.165) is 24.0 Å². The predicted molar refractivity (Wildman–Crippen MR) is 106 cm³/mol. The maximum absolute atomic E-state index is 3.91. The molecule has 0 heteroatoms. The lowest BCUT2D eigenvalue weighted by Crippen LogP contribution is -1.95. The molecule has 24 heavy (non-hydrogen) atoms. The Kier molecular flexibility index (Phi) is 6.41. The summed E-state index contributed by atoms with van der Waals surface area (Å²) in [7, 11) is 0. The lowest BCUT2D eigenvalue weighted by molar-refractivity contribution is 1.21. The van der Waals surface area contributed by atoms with Gasteiger partial charge in [-0.15, -0.1) is 24.6 Å². The highest BCUT2D eigenvalue weighted by Gasteiger charge is 2.09. The predicted octanol–water partition coefficient (Wildman–Crippen LogP) is 6.44. The summed E-state index contributed by atoms with van der Waals surface area (Å²) < 4.78 is 0. The molecule has 0 aliphatic heterocycles. The van der Waals surface area contributed by atoms with Gasteiger partial charge in [0.2, 0.25) is 0 Å². The van der Waals surface area contributed by atoms with Crippen molar-refractivity contribution < 1.29 is 0 Å². The zero-order valence-corrected chi connectivity index (χ0v) is 14.6. The van der Waals surface area contributed by atoms with E-state index in [-0.39, 0.29) is 0 Å². The average molecular weight is 312 g/mol. The Hall–Kier alpha value is -2.78. The highest BCUT2D eigenvalue weighted by Crippen LogP contribution is 2.26. The van der Waals surface area contributed by atoms with Gasteiger partial charge in [-0.25, -0.2) is 0 Å². The van der Waals surface area contributed by atoms with Crippen LogP contribution in [0, 0.1) is 6.92 Å².